The third kappa shape index (κ3) is 4.14. The minimum absolute atomic E-state index is 0.489. The van der Waals surface area contributed by atoms with Gasteiger partial charge in [-0.2, -0.15) is 11.8 Å². The largest absolute Gasteiger partial charge is 0.312 e. The van der Waals surface area contributed by atoms with Crippen LogP contribution in [0.25, 0.3) is 0 Å². The van der Waals surface area contributed by atoms with Crippen molar-refractivity contribution < 1.29 is 0 Å². The van der Waals surface area contributed by atoms with E-state index in [0.29, 0.717) is 10.8 Å². The van der Waals surface area contributed by atoms with Crippen molar-refractivity contribution in [3.8, 4) is 0 Å². The summed E-state index contributed by atoms with van der Waals surface area (Å²) in [4.78, 5) is 0. The molecule has 1 saturated carbocycles. The van der Waals surface area contributed by atoms with Crippen LogP contribution in [-0.2, 0) is 0 Å². The molecule has 0 aromatic carbocycles. The first-order valence-corrected chi connectivity index (χ1v) is 9.40. The van der Waals surface area contributed by atoms with Crippen molar-refractivity contribution in [2.75, 3.05) is 18.1 Å². The molecule has 1 nitrogen and oxygen atoms in total. The van der Waals surface area contributed by atoms with Crippen molar-refractivity contribution in [1.82, 2.24) is 5.32 Å². The zero-order valence-corrected chi connectivity index (χ0v) is 14.2. The maximum Gasteiger partial charge on any atom is 0.0209 e. The van der Waals surface area contributed by atoms with Crippen molar-refractivity contribution >= 4 is 11.8 Å². The Morgan fingerprint density at radius 3 is 2.42 bits per heavy atom. The predicted octanol–water partition coefficient (Wildman–Crippen LogP) is 4.71. The lowest BCUT2D eigenvalue weighted by Crippen LogP contribution is -2.50. The lowest BCUT2D eigenvalue weighted by atomic mass is 9.77. The van der Waals surface area contributed by atoms with Gasteiger partial charge >= 0.3 is 0 Å². The van der Waals surface area contributed by atoms with Crippen LogP contribution in [-0.4, -0.2) is 24.1 Å². The van der Waals surface area contributed by atoms with E-state index in [-0.39, 0.29) is 0 Å². The summed E-state index contributed by atoms with van der Waals surface area (Å²) in [5.41, 5.74) is 1.11. The van der Waals surface area contributed by atoms with Crippen molar-refractivity contribution in [3.05, 3.63) is 0 Å². The Morgan fingerprint density at radius 2 is 1.84 bits per heavy atom. The van der Waals surface area contributed by atoms with Gasteiger partial charge in [0, 0.05) is 18.3 Å². The van der Waals surface area contributed by atoms with Crippen molar-refractivity contribution in [1.29, 1.82) is 0 Å². The summed E-state index contributed by atoms with van der Waals surface area (Å²) >= 11 is 2.14. The number of hydrogen-bond acceptors (Lipinski definition) is 2. The molecule has 0 spiro atoms. The molecule has 1 heterocycles. The minimum Gasteiger partial charge on any atom is -0.312 e. The van der Waals surface area contributed by atoms with Crippen LogP contribution in [0.5, 0.6) is 0 Å². The molecule has 19 heavy (non-hydrogen) atoms. The summed E-state index contributed by atoms with van der Waals surface area (Å²) in [6.45, 7) is 10.9. The number of rotatable bonds is 5. The molecule has 2 rings (SSSR count). The highest BCUT2D eigenvalue weighted by molar-refractivity contribution is 7.99. The summed E-state index contributed by atoms with van der Waals surface area (Å²) in [5.74, 6) is 3.50. The molecule has 2 fully saturated rings. The Hall–Kier alpha value is 0.310. The van der Waals surface area contributed by atoms with E-state index in [0.717, 1.165) is 12.0 Å². The summed E-state index contributed by atoms with van der Waals surface area (Å²) in [6, 6.07) is 0.718. The number of thioether (sulfide) groups is 1. The van der Waals surface area contributed by atoms with Gasteiger partial charge in [0.2, 0.25) is 0 Å². The zero-order valence-electron chi connectivity index (χ0n) is 13.4. The topological polar surface area (TPSA) is 12.0 Å². The quantitative estimate of drug-likeness (QED) is 0.784. The summed E-state index contributed by atoms with van der Waals surface area (Å²) in [7, 11) is 0. The first kappa shape index (κ1) is 15.7. The van der Waals surface area contributed by atoms with Crippen LogP contribution in [0.3, 0.4) is 0 Å². The average molecular weight is 284 g/mol. The normalized spacial score (nSPS) is 29.8. The fourth-order valence-corrected chi connectivity index (χ4v) is 5.70. The molecular weight excluding hydrogens is 250 g/mol. The predicted molar refractivity (Wildman–Crippen MR) is 87.9 cm³/mol. The lowest BCUT2D eigenvalue weighted by molar-refractivity contribution is 0.178. The Balaban J connectivity index is 1.91. The standard InChI is InChI=1S/C17H33NS/c1-14(2)11-17(7-5-6-8-17)13-18-15-12-19-10-9-16(15,3)4/h14-15,18H,5-13H2,1-4H3. The highest BCUT2D eigenvalue weighted by Gasteiger charge is 2.37. The molecule has 112 valence electrons. The Labute approximate surface area is 124 Å². The summed E-state index contributed by atoms with van der Waals surface area (Å²) in [5, 5.41) is 3.98. The zero-order chi connectivity index (χ0) is 13.9. The Kier molecular flexibility index (Phi) is 5.28. The summed E-state index contributed by atoms with van der Waals surface area (Å²) < 4.78 is 0. The van der Waals surface area contributed by atoms with E-state index in [4.69, 9.17) is 0 Å². The minimum atomic E-state index is 0.489. The van der Waals surface area contributed by atoms with Gasteiger partial charge in [-0.05, 0) is 48.2 Å². The highest BCUT2D eigenvalue weighted by atomic mass is 32.2. The molecule has 2 aliphatic rings. The fourth-order valence-electron chi connectivity index (χ4n) is 4.06. The second-order valence-electron chi connectivity index (χ2n) is 8.05. The van der Waals surface area contributed by atoms with E-state index in [1.54, 1.807) is 0 Å². The van der Waals surface area contributed by atoms with Crippen molar-refractivity contribution in [2.45, 2.75) is 72.3 Å². The molecular formula is C17H33NS. The maximum atomic E-state index is 3.98. The van der Waals surface area contributed by atoms with E-state index in [9.17, 15) is 0 Å². The van der Waals surface area contributed by atoms with Gasteiger partial charge in [0.15, 0.2) is 0 Å². The molecule has 1 N–H and O–H groups in total. The van der Waals surface area contributed by atoms with Crippen LogP contribution in [0.15, 0.2) is 0 Å². The van der Waals surface area contributed by atoms with E-state index in [2.05, 4.69) is 44.8 Å². The maximum absolute atomic E-state index is 3.98. The molecule has 0 bridgehead atoms. The van der Waals surface area contributed by atoms with E-state index in [1.165, 1.54) is 56.6 Å². The van der Waals surface area contributed by atoms with Crippen LogP contribution in [0.1, 0.15) is 66.2 Å². The molecule has 1 saturated heterocycles. The molecule has 1 aliphatic heterocycles. The first-order chi connectivity index (χ1) is 8.94. The van der Waals surface area contributed by atoms with Crippen LogP contribution in [0.4, 0.5) is 0 Å². The molecule has 0 amide bonds. The summed E-state index contributed by atoms with van der Waals surface area (Å²) in [6.07, 6.45) is 8.61. The Morgan fingerprint density at radius 1 is 1.16 bits per heavy atom. The fraction of sp³-hybridized carbons (Fsp3) is 1.00. The van der Waals surface area contributed by atoms with E-state index < -0.39 is 0 Å². The molecule has 2 heteroatoms. The van der Waals surface area contributed by atoms with Gasteiger partial charge in [-0.15, -0.1) is 0 Å². The SMILES string of the molecule is CC(C)CC1(CNC2CSCCC2(C)C)CCCC1. The van der Waals surface area contributed by atoms with E-state index >= 15 is 0 Å². The van der Waals surface area contributed by atoms with Gasteiger partial charge in [-0.3, -0.25) is 0 Å². The molecule has 1 aliphatic carbocycles. The third-order valence-corrected chi connectivity index (χ3v) is 6.41. The second-order valence-corrected chi connectivity index (χ2v) is 9.20. The van der Waals surface area contributed by atoms with Crippen LogP contribution < -0.4 is 5.32 Å². The second kappa shape index (κ2) is 6.39. The van der Waals surface area contributed by atoms with Gasteiger partial charge in [0.25, 0.3) is 0 Å². The van der Waals surface area contributed by atoms with Crippen molar-refractivity contribution in [2.24, 2.45) is 16.7 Å². The smallest absolute Gasteiger partial charge is 0.0209 e. The van der Waals surface area contributed by atoms with Crippen LogP contribution in [0.2, 0.25) is 0 Å². The molecule has 0 aromatic rings. The molecule has 1 unspecified atom stereocenters. The molecule has 0 radical (unpaired) electrons. The van der Waals surface area contributed by atoms with Crippen LogP contribution >= 0.6 is 11.8 Å². The Bertz CT molecular complexity index is 279. The third-order valence-electron chi connectivity index (χ3n) is 5.35. The number of hydrogen-bond donors (Lipinski definition) is 1. The lowest BCUT2D eigenvalue weighted by Gasteiger charge is -2.41. The van der Waals surface area contributed by atoms with Gasteiger partial charge < -0.3 is 5.32 Å². The van der Waals surface area contributed by atoms with Crippen LogP contribution in [0, 0.1) is 16.7 Å². The van der Waals surface area contributed by atoms with E-state index in [1.807, 2.05) is 0 Å². The van der Waals surface area contributed by atoms with Gasteiger partial charge in [0.1, 0.15) is 0 Å². The van der Waals surface area contributed by atoms with Crippen molar-refractivity contribution in [3.63, 3.8) is 0 Å². The van der Waals surface area contributed by atoms with Gasteiger partial charge in [0.05, 0.1) is 0 Å². The number of nitrogens with one attached hydrogen (secondary N) is 1. The monoisotopic (exact) mass is 283 g/mol. The van der Waals surface area contributed by atoms with Gasteiger partial charge in [-0.1, -0.05) is 40.5 Å². The highest BCUT2D eigenvalue weighted by Crippen LogP contribution is 2.43. The molecule has 1 atom stereocenters. The first-order valence-electron chi connectivity index (χ1n) is 8.25. The average Bonchev–Trinajstić information content (AvgIpc) is 2.75. The van der Waals surface area contributed by atoms with Gasteiger partial charge in [-0.25, -0.2) is 0 Å². The molecule has 0 aromatic heterocycles.